The standard InChI is InChI=1S/C9H9FO3/c1-5-3-6(9(12)13-2)4-7(10)8(5)11/h3-4,11H,1-2H3. The fraction of sp³-hybridized carbons (Fsp3) is 0.222. The SMILES string of the molecule is COC(=O)c1cc(C)c(O)c(F)c1. The lowest BCUT2D eigenvalue weighted by molar-refractivity contribution is 0.0600. The molecule has 1 aromatic rings. The topological polar surface area (TPSA) is 46.5 Å². The Labute approximate surface area is 74.8 Å². The van der Waals surface area contributed by atoms with E-state index in [4.69, 9.17) is 5.11 Å². The van der Waals surface area contributed by atoms with E-state index in [-0.39, 0.29) is 5.56 Å². The molecule has 1 rings (SSSR count). The third kappa shape index (κ3) is 1.77. The van der Waals surface area contributed by atoms with E-state index in [2.05, 4.69) is 4.74 Å². The molecule has 0 saturated carbocycles. The van der Waals surface area contributed by atoms with Crippen LogP contribution in [0.4, 0.5) is 4.39 Å². The maximum absolute atomic E-state index is 12.9. The van der Waals surface area contributed by atoms with Crippen LogP contribution in [0.15, 0.2) is 12.1 Å². The first-order chi connectivity index (χ1) is 6.06. The molecule has 0 amide bonds. The highest BCUT2D eigenvalue weighted by molar-refractivity contribution is 5.89. The second-order valence-corrected chi connectivity index (χ2v) is 2.62. The first kappa shape index (κ1) is 9.51. The number of methoxy groups -OCH3 is 1. The second kappa shape index (κ2) is 3.43. The molecule has 0 atom stereocenters. The van der Waals surface area contributed by atoms with Gasteiger partial charge in [-0.1, -0.05) is 0 Å². The van der Waals surface area contributed by atoms with Crippen LogP contribution in [0.25, 0.3) is 0 Å². The number of carbonyl (C=O) groups is 1. The van der Waals surface area contributed by atoms with Gasteiger partial charge in [0, 0.05) is 0 Å². The van der Waals surface area contributed by atoms with Crippen LogP contribution in [-0.2, 0) is 4.74 Å². The van der Waals surface area contributed by atoms with Crippen LogP contribution in [0.5, 0.6) is 5.75 Å². The first-order valence-corrected chi connectivity index (χ1v) is 3.63. The van der Waals surface area contributed by atoms with Crippen LogP contribution in [0, 0.1) is 12.7 Å². The fourth-order valence-corrected chi connectivity index (χ4v) is 0.972. The van der Waals surface area contributed by atoms with Crippen LogP contribution in [0.1, 0.15) is 15.9 Å². The highest BCUT2D eigenvalue weighted by atomic mass is 19.1. The van der Waals surface area contributed by atoms with Crippen molar-refractivity contribution >= 4 is 5.97 Å². The molecule has 0 heterocycles. The molecule has 0 fully saturated rings. The smallest absolute Gasteiger partial charge is 0.337 e. The molecule has 0 spiro atoms. The summed E-state index contributed by atoms with van der Waals surface area (Å²) in [5, 5.41) is 9.06. The number of phenols is 1. The van der Waals surface area contributed by atoms with Gasteiger partial charge in [0.05, 0.1) is 12.7 Å². The lowest BCUT2D eigenvalue weighted by Gasteiger charge is -2.03. The number of halogens is 1. The van der Waals surface area contributed by atoms with Gasteiger partial charge in [-0.3, -0.25) is 0 Å². The van der Waals surface area contributed by atoms with E-state index in [1.165, 1.54) is 20.1 Å². The third-order valence-corrected chi connectivity index (χ3v) is 1.68. The summed E-state index contributed by atoms with van der Waals surface area (Å²) in [5.41, 5.74) is 0.399. The van der Waals surface area contributed by atoms with Gasteiger partial charge in [0.1, 0.15) is 0 Å². The Balaban J connectivity index is 3.20. The fourth-order valence-electron chi connectivity index (χ4n) is 0.972. The molecular weight excluding hydrogens is 175 g/mol. The summed E-state index contributed by atoms with van der Waals surface area (Å²) in [4.78, 5) is 11.0. The van der Waals surface area contributed by atoms with Gasteiger partial charge in [-0.2, -0.15) is 0 Å². The molecule has 0 aromatic heterocycles. The number of hydrogen-bond acceptors (Lipinski definition) is 3. The van der Waals surface area contributed by atoms with Crippen molar-refractivity contribution in [2.24, 2.45) is 0 Å². The van der Waals surface area contributed by atoms with Crippen molar-refractivity contribution in [3.8, 4) is 5.75 Å². The number of ether oxygens (including phenoxy) is 1. The molecule has 0 saturated heterocycles. The molecule has 0 aliphatic carbocycles. The zero-order chi connectivity index (χ0) is 10.0. The molecule has 0 bridgehead atoms. The lowest BCUT2D eigenvalue weighted by atomic mass is 10.1. The van der Waals surface area contributed by atoms with E-state index in [0.717, 1.165) is 6.07 Å². The average Bonchev–Trinajstić information content (AvgIpc) is 2.12. The molecule has 0 unspecified atom stereocenters. The Morgan fingerprint density at radius 2 is 2.15 bits per heavy atom. The monoisotopic (exact) mass is 184 g/mol. The van der Waals surface area contributed by atoms with E-state index in [1.807, 2.05) is 0 Å². The molecule has 1 aromatic carbocycles. The quantitative estimate of drug-likeness (QED) is 0.674. The molecule has 0 aliphatic rings. The maximum atomic E-state index is 12.9. The molecule has 1 N–H and O–H groups in total. The number of aryl methyl sites for hydroxylation is 1. The minimum absolute atomic E-state index is 0.0929. The Bertz CT molecular complexity index is 324. The van der Waals surface area contributed by atoms with Crippen molar-refractivity contribution in [1.82, 2.24) is 0 Å². The minimum atomic E-state index is -0.819. The number of benzene rings is 1. The van der Waals surface area contributed by atoms with Crippen molar-refractivity contribution in [3.05, 3.63) is 29.1 Å². The Kier molecular flexibility index (Phi) is 2.51. The van der Waals surface area contributed by atoms with Crippen LogP contribution in [-0.4, -0.2) is 18.2 Å². The molecule has 0 aliphatic heterocycles. The zero-order valence-corrected chi connectivity index (χ0v) is 7.30. The van der Waals surface area contributed by atoms with Crippen LogP contribution in [0.2, 0.25) is 0 Å². The summed E-state index contributed by atoms with van der Waals surface area (Å²) < 4.78 is 17.3. The molecule has 3 nitrogen and oxygen atoms in total. The van der Waals surface area contributed by atoms with Crippen molar-refractivity contribution < 1.29 is 19.0 Å². The van der Waals surface area contributed by atoms with Gasteiger partial charge in [-0.25, -0.2) is 9.18 Å². The Hall–Kier alpha value is -1.58. The highest BCUT2D eigenvalue weighted by Gasteiger charge is 2.11. The van der Waals surface area contributed by atoms with Crippen molar-refractivity contribution in [2.45, 2.75) is 6.92 Å². The zero-order valence-electron chi connectivity index (χ0n) is 7.30. The van der Waals surface area contributed by atoms with Gasteiger partial charge in [0.2, 0.25) is 0 Å². The Morgan fingerprint density at radius 3 is 2.62 bits per heavy atom. The van der Waals surface area contributed by atoms with Crippen LogP contribution < -0.4 is 0 Å². The molecule has 70 valence electrons. The van der Waals surface area contributed by atoms with Crippen molar-refractivity contribution in [1.29, 1.82) is 0 Å². The number of hydrogen-bond donors (Lipinski definition) is 1. The summed E-state index contributed by atoms with van der Waals surface area (Å²) in [7, 11) is 1.21. The molecule has 0 radical (unpaired) electrons. The van der Waals surface area contributed by atoms with Crippen LogP contribution >= 0.6 is 0 Å². The second-order valence-electron chi connectivity index (χ2n) is 2.62. The Morgan fingerprint density at radius 1 is 1.54 bits per heavy atom. The number of phenolic OH excluding ortho intramolecular Hbond substituents is 1. The van der Waals surface area contributed by atoms with Gasteiger partial charge in [0.25, 0.3) is 0 Å². The van der Waals surface area contributed by atoms with E-state index in [1.54, 1.807) is 0 Å². The highest BCUT2D eigenvalue weighted by Crippen LogP contribution is 2.22. The van der Waals surface area contributed by atoms with Gasteiger partial charge in [-0.05, 0) is 24.6 Å². The maximum Gasteiger partial charge on any atom is 0.337 e. The average molecular weight is 184 g/mol. The largest absolute Gasteiger partial charge is 0.505 e. The van der Waals surface area contributed by atoms with Gasteiger partial charge < -0.3 is 9.84 Å². The third-order valence-electron chi connectivity index (χ3n) is 1.68. The number of carbonyl (C=O) groups excluding carboxylic acids is 1. The molecular formula is C9H9FO3. The predicted molar refractivity (Wildman–Crippen MR) is 44.1 cm³/mol. The number of esters is 1. The van der Waals surface area contributed by atoms with Gasteiger partial charge in [-0.15, -0.1) is 0 Å². The van der Waals surface area contributed by atoms with E-state index in [0.29, 0.717) is 5.56 Å². The summed E-state index contributed by atoms with van der Waals surface area (Å²) in [6, 6.07) is 2.30. The molecule has 13 heavy (non-hydrogen) atoms. The van der Waals surface area contributed by atoms with Crippen molar-refractivity contribution in [2.75, 3.05) is 7.11 Å². The summed E-state index contributed by atoms with van der Waals surface area (Å²) in [6.45, 7) is 1.50. The van der Waals surface area contributed by atoms with E-state index < -0.39 is 17.5 Å². The van der Waals surface area contributed by atoms with E-state index >= 15 is 0 Å². The first-order valence-electron chi connectivity index (χ1n) is 3.63. The molecule has 4 heteroatoms. The van der Waals surface area contributed by atoms with Gasteiger partial charge >= 0.3 is 5.97 Å². The predicted octanol–water partition coefficient (Wildman–Crippen LogP) is 1.63. The minimum Gasteiger partial charge on any atom is -0.505 e. The normalized spacial score (nSPS) is 9.77. The van der Waals surface area contributed by atoms with Gasteiger partial charge in [0.15, 0.2) is 11.6 Å². The summed E-state index contributed by atoms with van der Waals surface area (Å²) in [5.74, 6) is -1.88. The number of aromatic hydroxyl groups is 1. The van der Waals surface area contributed by atoms with Crippen molar-refractivity contribution in [3.63, 3.8) is 0 Å². The lowest BCUT2D eigenvalue weighted by Crippen LogP contribution is -2.02. The summed E-state index contributed by atoms with van der Waals surface area (Å²) >= 11 is 0. The van der Waals surface area contributed by atoms with Crippen LogP contribution in [0.3, 0.4) is 0 Å². The summed E-state index contributed by atoms with van der Waals surface area (Å²) in [6.07, 6.45) is 0. The number of rotatable bonds is 1. The van der Waals surface area contributed by atoms with E-state index in [9.17, 15) is 9.18 Å².